The van der Waals surface area contributed by atoms with E-state index in [0.717, 1.165) is 5.56 Å². The molecule has 20 heavy (non-hydrogen) atoms. The Morgan fingerprint density at radius 1 is 1.20 bits per heavy atom. The van der Waals surface area contributed by atoms with Gasteiger partial charge in [0.15, 0.2) is 0 Å². The van der Waals surface area contributed by atoms with Gasteiger partial charge in [0.1, 0.15) is 0 Å². The van der Waals surface area contributed by atoms with Gasteiger partial charge < -0.3 is 9.84 Å². The molecule has 1 saturated heterocycles. The van der Waals surface area contributed by atoms with Crippen LogP contribution < -0.4 is 0 Å². The van der Waals surface area contributed by atoms with E-state index in [0.29, 0.717) is 43.9 Å². The van der Waals surface area contributed by atoms with Crippen LogP contribution in [0.1, 0.15) is 23.1 Å². The molecule has 1 fully saturated rings. The molecule has 0 spiro atoms. The Morgan fingerprint density at radius 3 is 2.65 bits per heavy atom. The van der Waals surface area contributed by atoms with Gasteiger partial charge in [-0.25, -0.2) is 8.42 Å². The van der Waals surface area contributed by atoms with Gasteiger partial charge in [-0.3, -0.25) is 0 Å². The Bertz CT molecular complexity index is 575. The van der Waals surface area contributed by atoms with E-state index in [4.69, 9.17) is 4.74 Å². The Balaban J connectivity index is 2.42. The standard InChI is InChI=1S/C14H21NO4S/c1-11-8-12(2)14(9-13(11)10-16)20(17,18)15-4-3-6-19-7-5-15/h8-9,16H,3-7,10H2,1-2H3. The first-order valence-corrected chi connectivity index (χ1v) is 8.19. The molecular formula is C14H21NO4S. The topological polar surface area (TPSA) is 66.8 Å². The summed E-state index contributed by atoms with van der Waals surface area (Å²) in [7, 11) is -3.52. The van der Waals surface area contributed by atoms with E-state index in [1.165, 1.54) is 4.31 Å². The second kappa shape index (κ2) is 6.22. The average Bonchev–Trinajstić information content (AvgIpc) is 2.67. The minimum absolute atomic E-state index is 0.155. The third-order valence-electron chi connectivity index (χ3n) is 3.60. The molecular weight excluding hydrogens is 278 g/mol. The zero-order valence-corrected chi connectivity index (χ0v) is 12.7. The normalized spacial score (nSPS) is 17.9. The predicted octanol–water partition coefficient (Wildman–Crippen LogP) is 1.21. The van der Waals surface area contributed by atoms with Crippen molar-refractivity contribution in [1.29, 1.82) is 0 Å². The molecule has 112 valence electrons. The lowest BCUT2D eigenvalue weighted by molar-refractivity contribution is 0.148. The van der Waals surface area contributed by atoms with E-state index >= 15 is 0 Å². The molecule has 1 heterocycles. The van der Waals surface area contributed by atoms with Crippen molar-refractivity contribution in [3.8, 4) is 0 Å². The molecule has 1 aliphatic heterocycles. The number of nitrogens with zero attached hydrogens (tertiary/aromatic N) is 1. The fourth-order valence-electron chi connectivity index (χ4n) is 2.43. The van der Waals surface area contributed by atoms with Gasteiger partial charge in [0, 0.05) is 19.7 Å². The quantitative estimate of drug-likeness (QED) is 0.911. The van der Waals surface area contributed by atoms with Gasteiger partial charge in [0.2, 0.25) is 10.0 Å². The molecule has 0 saturated carbocycles. The molecule has 1 N–H and O–H groups in total. The van der Waals surface area contributed by atoms with Crippen LogP contribution in [0.15, 0.2) is 17.0 Å². The van der Waals surface area contributed by atoms with Crippen LogP contribution in [0.3, 0.4) is 0 Å². The number of ether oxygens (including phenoxy) is 1. The van der Waals surface area contributed by atoms with Crippen LogP contribution in [0, 0.1) is 13.8 Å². The number of rotatable bonds is 3. The first kappa shape index (κ1) is 15.4. The van der Waals surface area contributed by atoms with Gasteiger partial charge in [-0.2, -0.15) is 4.31 Å². The van der Waals surface area contributed by atoms with Gasteiger partial charge in [0.05, 0.1) is 18.1 Å². The van der Waals surface area contributed by atoms with Crippen LogP contribution in [-0.2, 0) is 21.4 Å². The van der Waals surface area contributed by atoms with Crippen LogP contribution >= 0.6 is 0 Å². The highest BCUT2D eigenvalue weighted by atomic mass is 32.2. The van der Waals surface area contributed by atoms with Crippen LogP contribution in [0.4, 0.5) is 0 Å². The summed E-state index contributed by atoms with van der Waals surface area (Å²) in [6.45, 7) is 5.38. The molecule has 0 radical (unpaired) electrons. The number of benzene rings is 1. The lowest BCUT2D eigenvalue weighted by Gasteiger charge is -2.21. The van der Waals surface area contributed by atoms with E-state index in [-0.39, 0.29) is 11.5 Å². The molecule has 1 aromatic carbocycles. The molecule has 0 aliphatic carbocycles. The highest BCUT2D eigenvalue weighted by molar-refractivity contribution is 7.89. The number of aliphatic hydroxyl groups excluding tert-OH is 1. The Hall–Kier alpha value is -0.950. The summed E-state index contributed by atoms with van der Waals surface area (Å²) in [5, 5.41) is 9.33. The second-order valence-electron chi connectivity index (χ2n) is 5.07. The molecule has 0 atom stereocenters. The summed E-state index contributed by atoms with van der Waals surface area (Å²) < 4.78 is 32.2. The number of sulfonamides is 1. The third kappa shape index (κ3) is 3.03. The van der Waals surface area contributed by atoms with E-state index in [1.807, 2.05) is 13.0 Å². The van der Waals surface area contributed by atoms with Crippen LogP contribution in [-0.4, -0.2) is 44.1 Å². The molecule has 2 rings (SSSR count). The molecule has 0 unspecified atom stereocenters. The zero-order chi connectivity index (χ0) is 14.8. The summed E-state index contributed by atoms with van der Waals surface area (Å²) in [4.78, 5) is 0.286. The molecule has 1 aliphatic rings. The lowest BCUT2D eigenvalue weighted by atomic mass is 10.1. The molecule has 1 aromatic rings. The van der Waals surface area contributed by atoms with E-state index < -0.39 is 10.0 Å². The maximum Gasteiger partial charge on any atom is 0.243 e. The fraction of sp³-hybridized carbons (Fsp3) is 0.571. The number of hydrogen-bond acceptors (Lipinski definition) is 4. The van der Waals surface area contributed by atoms with Crippen molar-refractivity contribution in [2.45, 2.75) is 31.8 Å². The van der Waals surface area contributed by atoms with E-state index in [1.54, 1.807) is 13.0 Å². The molecule has 5 nitrogen and oxygen atoms in total. The van der Waals surface area contributed by atoms with Gasteiger partial charge >= 0.3 is 0 Å². The Kier molecular flexibility index (Phi) is 4.80. The summed E-state index contributed by atoms with van der Waals surface area (Å²) in [5.41, 5.74) is 2.27. The van der Waals surface area contributed by atoms with E-state index in [2.05, 4.69) is 0 Å². The highest BCUT2D eigenvalue weighted by Crippen LogP contribution is 2.24. The molecule has 0 bridgehead atoms. The monoisotopic (exact) mass is 299 g/mol. The molecule has 0 aromatic heterocycles. The van der Waals surface area contributed by atoms with Crippen molar-refractivity contribution in [1.82, 2.24) is 4.31 Å². The van der Waals surface area contributed by atoms with Crippen LogP contribution in [0.25, 0.3) is 0 Å². The first-order chi connectivity index (χ1) is 9.46. The van der Waals surface area contributed by atoms with Crippen molar-refractivity contribution in [3.05, 3.63) is 28.8 Å². The minimum Gasteiger partial charge on any atom is -0.392 e. The molecule has 6 heteroatoms. The van der Waals surface area contributed by atoms with Gasteiger partial charge in [-0.1, -0.05) is 6.07 Å². The van der Waals surface area contributed by atoms with Crippen molar-refractivity contribution in [3.63, 3.8) is 0 Å². The summed E-state index contributed by atoms with van der Waals surface area (Å²) in [5.74, 6) is 0. The summed E-state index contributed by atoms with van der Waals surface area (Å²) in [6.07, 6.45) is 0.705. The Labute approximate surface area is 120 Å². The van der Waals surface area contributed by atoms with Crippen LogP contribution in [0.2, 0.25) is 0 Å². The maximum atomic E-state index is 12.7. The maximum absolute atomic E-state index is 12.7. The van der Waals surface area contributed by atoms with Gasteiger partial charge in [-0.15, -0.1) is 0 Å². The number of aryl methyl sites for hydroxylation is 2. The van der Waals surface area contributed by atoms with Gasteiger partial charge in [-0.05, 0) is 43.0 Å². The summed E-state index contributed by atoms with van der Waals surface area (Å²) >= 11 is 0. The highest BCUT2D eigenvalue weighted by Gasteiger charge is 2.27. The van der Waals surface area contributed by atoms with Gasteiger partial charge in [0.25, 0.3) is 0 Å². The summed E-state index contributed by atoms with van der Waals surface area (Å²) in [6, 6.07) is 3.40. The molecule has 0 amide bonds. The van der Waals surface area contributed by atoms with Crippen LogP contribution in [0.5, 0.6) is 0 Å². The second-order valence-corrected chi connectivity index (χ2v) is 6.98. The number of hydrogen-bond donors (Lipinski definition) is 1. The zero-order valence-electron chi connectivity index (χ0n) is 11.9. The van der Waals surface area contributed by atoms with Crippen molar-refractivity contribution in [2.75, 3.05) is 26.3 Å². The lowest BCUT2D eigenvalue weighted by Crippen LogP contribution is -2.33. The largest absolute Gasteiger partial charge is 0.392 e. The smallest absolute Gasteiger partial charge is 0.243 e. The van der Waals surface area contributed by atoms with Crippen molar-refractivity contribution in [2.24, 2.45) is 0 Å². The van der Waals surface area contributed by atoms with E-state index in [9.17, 15) is 13.5 Å². The van der Waals surface area contributed by atoms with Crippen molar-refractivity contribution < 1.29 is 18.3 Å². The SMILES string of the molecule is Cc1cc(C)c(S(=O)(=O)N2CCCOCC2)cc1CO. The predicted molar refractivity (Wildman–Crippen MR) is 76.0 cm³/mol. The average molecular weight is 299 g/mol. The van der Waals surface area contributed by atoms with Crippen molar-refractivity contribution >= 4 is 10.0 Å². The Morgan fingerprint density at radius 2 is 1.95 bits per heavy atom. The minimum atomic E-state index is -3.52. The third-order valence-corrected chi connectivity index (χ3v) is 5.64. The first-order valence-electron chi connectivity index (χ1n) is 6.75. The number of aliphatic hydroxyl groups is 1. The fourth-order valence-corrected chi connectivity index (χ4v) is 4.14.